The van der Waals surface area contributed by atoms with E-state index in [1.807, 2.05) is 13.8 Å². The number of halogens is 1. The minimum atomic E-state index is -0.429. The Balaban J connectivity index is 1.97. The number of aromatic nitrogens is 4. The molecular weight excluding hydrogens is 326 g/mol. The van der Waals surface area contributed by atoms with E-state index in [0.29, 0.717) is 18.7 Å². The average molecular weight is 342 g/mol. The molecule has 7 nitrogen and oxygen atoms in total. The van der Waals surface area contributed by atoms with Crippen molar-refractivity contribution >= 4 is 27.6 Å². The molecule has 0 spiro atoms. The minimum Gasteiger partial charge on any atom is -0.393 e. The van der Waals surface area contributed by atoms with Gasteiger partial charge in [0, 0.05) is 18.9 Å². The van der Waals surface area contributed by atoms with Crippen LogP contribution in [0.25, 0.3) is 5.78 Å². The molecule has 0 aliphatic rings. The predicted molar refractivity (Wildman–Crippen MR) is 76.3 cm³/mol. The van der Waals surface area contributed by atoms with Gasteiger partial charge in [0.1, 0.15) is 0 Å². The predicted octanol–water partition coefficient (Wildman–Crippen LogP) is 1.02. The van der Waals surface area contributed by atoms with Crippen LogP contribution in [0, 0.1) is 5.92 Å². The summed E-state index contributed by atoms with van der Waals surface area (Å²) in [7, 11) is 0. The molecule has 2 N–H and O–H groups in total. The molecule has 0 saturated carbocycles. The van der Waals surface area contributed by atoms with Crippen LogP contribution in [0.5, 0.6) is 0 Å². The van der Waals surface area contributed by atoms with Crippen LogP contribution in [0.2, 0.25) is 0 Å². The van der Waals surface area contributed by atoms with Gasteiger partial charge in [-0.1, -0.05) is 13.8 Å². The normalized spacial score (nSPS) is 12.8. The van der Waals surface area contributed by atoms with Crippen molar-refractivity contribution in [1.82, 2.24) is 24.9 Å². The number of nitrogens with zero attached hydrogens (tertiary/aromatic N) is 4. The Morgan fingerprint density at radius 1 is 1.55 bits per heavy atom. The second-order valence-electron chi connectivity index (χ2n) is 4.81. The first-order valence-electron chi connectivity index (χ1n) is 6.31. The lowest BCUT2D eigenvalue weighted by Crippen LogP contribution is -2.29. The van der Waals surface area contributed by atoms with Gasteiger partial charge < -0.3 is 10.4 Å². The molecule has 20 heavy (non-hydrogen) atoms. The number of fused-ring (bicyclic) bond motifs is 1. The smallest absolute Gasteiger partial charge is 0.291 e. The van der Waals surface area contributed by atoms with Gasteiger partial charge in [-0.05, 0) is 28.3 Å². The third-order valence-electron chi connectivity index (χ3n) is 2.86. The van der Waals surface area contributed by atoms with E-state index in [0.717, 1.165) is 4.47 Å². The second kappa shape index (κ2) is 6.27. The van der Waals surface area contributed by atoms with Crippen molar-refractivity contribution < 1.29 is 9.90 Å². The fraction of sp³-hybridized carbons (Fsp3) is 0.500. The highest BCUT2D eigenvalue weighted by molar-refractivity contribution is 9.10. The van der Waals surface area contributed by atoms with E-state index in [2.05, 4.69) is 36.3 Å². The maximum absolute atomic E-state index is 11.9. The SMILES string of the molecule is CC(C)C(O)CCNC(=O)c1nc2ncc(Br)cn2n1. The zero-order valence-electron chi connectivity index (χ0n) is 11.2. The summed E-state index contributed by atoms with van der Waals surface area (Å²) < 4.78 is 2.18. The summed E-state index contributed by atoms with van der Waals surface area (Å²) >= 11 is 3.27. The van der Waals surface area contributed by atoms with Crippen LogP contribution in [0.1, 0.15) is 30.9 Å². The largest absolute Gasteiger partial charge is 0.393 e. The van der Waals surface area contributed by atoms with E-state index in [9.17, 15) is 9.90 Å². The molecule has 1 amide bonds. The van der Waals surface area contributed by atoms with Gasteiger partial charge in [-0.15, -0.1) is 5.10 Å². The summed E-state index contributed by atoms with van der Waals surface area (Å²) in [5, 5.41) is 16.4. The van der Waals surface area contributed by atoms with Gasteiger partial charge in [0.2, 0.25) is 5.82 Å². The molecule has 2 rings (SSSR count). The molecule has 2 aromatic rings. The molecule has 0 aliphatic carbocycles. The molecule has 108 valence electrons. The Morgan fingerprint density at radius 2 is 2.30 bits per heavy atom. The van der Waals surface area contributed by atoms with E-state index < -0.39 is 6.10 Å². The lowest BCUT2D eigenvalue weighted by molar-refractivity contribution is 0.0911. The van der Waals surface area contributed by atoms with Crippen molar-refractivity contribution in [2.24, 2.45) is 5.92 Å². The maximum Gasteiger partial charge on any atom is 0.291 e. The lowest BCUT2D eigenvalue weighted by Gasteiger charge is -2.13. The third-order valence-corrected chi connectivity index (χ3v) is 3.27. The third kappa shape index (κ3) is 3.51. The number of carbonyl (C=O) groups excluding carboxylic acids is 1. The van der Waals surface area contributed by atoms with Crippen LogP contribution in [-0.2, 0) is 0 Å². The number of aliphatic hydroxyl groups excluding tert-OH is 1. The number of carbonyl (C=O) groups is 1. The number of hydrogen-bond acceptors (Lipinski definition) is 5. The maximum atomic E-state index is 11.9. The summed E-state index contributed by atoms with van der Waals surface area (Å²) in [4.78, 5) is 19.9. The van der Waals surface area contributed by atoms with E-state index in [-0.39, 0.29) is 17.6 Å². The average Bonchev–Trinajstić information content (AvgIpc) is 2.81. The monoisotopic (exact) mass is 341 g/mol. The number of hydrogen-bond donors (Lipinski definition) is 2. The zero-order chi connectivity index (χ0) is 14.7. The highest BCUT2D eigenvalue weighted by Gasteiger charge is 2.14. The molecular formula is C12H16BrN5O2. The summed E-state index contributed by atoms with van der Waals surface area (Å²) in [6, 6.07) is 0. The summed E-state index contributed by atoms with van der Waals surface area (Å²) in [6.07, 6.45) is 3.34. The van der Waals surface area contributed by atoms with Gasteiger partial charge in [0.25, 0.3) is 11.7 Å². The summed E-state index contributed by atoms with van der Waals surface area (Å²) in [5.41, 5.74) is 0. The Morgan fingerprint density at radius 3 is 3.00 bits per heavy atom. The quantitative estimate of drug-likeness (QED) is 0.847. The van der Waals surface area contributed by atoms with Crippen LogP contribution >= 0.6 is 15.9 Å². The Bertz CT molecular complexity index is 613. The molecule has 1 atom stereocenters. The van der Waals surface area contributed by atoms with Crippen LogP contribution in [0.15, 0.2) is 16.9 Å². The molecule has 2 aromatic heterocycles. The second-order valence-corrected chi connectivity index (χ2v) is 5.72. The molecule has 0 fully saturated rings. The Kier molecular flexibility index (Phi) is 4.66. The van der Waals surface area contributed by atoms with Crippen LogP contribution < -0.4 is 5.32 Å². The Hall–Kier alpha value is -1.54. The lowest BCUT2D eigenvalue weighted by atomic mass is 10.0. The fourth-order valence-electron chi connectivity index (χ4n) is 1.60. The van der Waals surface area contributed by atoms with Crippen LogP contribution in [-0.4, -0.2) is 43.2 Å². The van der Waals surface area contributed by atoms with Crippen molar-refractivity contribution in [2.75, 3.05) is 6.54 Å². The van der Waals surface area contributed by atoms with Gasteiger partial charge in [0.15, 0.2) is 0 Å². The van der Waals surface area contributed by atoms with Crippen molar-refractivity contribution in [3.63, 3.8) is 0 Å². The van der Waals surface area contributed by atoms with Gasteiger partial charge in [-0.25, -0.2) is 9.50 Å². The zero-order valence-corrected chi connectivity index (χ0v) is 12.8. The molecule has 1 unspecified atom stereocenters. The van der Waals surface area contributed by atoms with Crippen molar-refractivity contribution in [2.45, 2.75) is 26.4 Å². The van der Waals surface area contributed by atoms with E-state index in [4.69, 9.17) is 0 Å². The number of nitrogens with one attached hydrogen (secondary N) is 1. The Labute approximate surface area is 124 Å². The molecule has 0 saturated heterocycles. The highest BCUT2D eigenvalue weighted by Crippen LogP contribution is 2.08. The first-order valence-corrected chi connectivity index (χ1v) is 7.11. The number of rotatable bonds is 5. The molecule has 0 radical (unpaired) electrons. The summed E-state index contributed by atoms with van der Waals surface area (Å²) in [6.45, 7) is 4.24. The molecule has 0 aromatic carbocycles. The van der Waals surface area contributed by atoms with Gasteiger partial charge >= 0.3 is 0 Å². The first kappa shape index (κ1) is 14.9. The minimum absolute atomic E-state index is 0.0645. The number of aliphatic hydroxyl groups is 1. The highest BCUT2D eigenvalue weighted by atomic mass is 79.9. The van der Waals surface area contributed by atoms with Gasteiger partial charge in [0.05, 0.1) is 10.6 Å². The van der Waals surface area contributed by atoms with E-state index in [1.54, 1.807) is 12.4 Å². The summed E-state index contributed by atoms with van der Waals surface area (Å²) in [5.74, 6) is 0.222. The van der Waals surface area contributed by atoms with E-state index >= 15 is 0 Å². The standard InChI is InChI=1S/C12H16BrN5O2/c1-7(2)9(19)3-4-14-11(20)10-16-12-15-5-8(13)6-18(12)17-10/h5-7,9,19H,3-4H2,1-2H3,(H,14,20). The molecule has 0 aliphatic heterocycles. The molecule has 0 bridgehead atoms. The van der Waals surface area contributed by atoms with Crippen LogP contribution in [0.3, 0.4) is 0 Å². The van der Waals surface area contributed by atoms with Crippen molar-refractivity contribution in [1.29, 1.82) is 0 Å². The van der Waals surface area contributed by atoms with E-state index in [1.165, 1.54) is 4.52 Å². The van der Waals surface area contributed by atoms with Gasteiger partial charge in [-0.2, -0.15) is 4.98 Å². The first-order chi connectivity index (χ1) is 9.47. The number of amides is 1. The van der Waals surface area contributed by atoms with Crippen molar-refractivity contribution in [3.8, 4) is 0 Å². The topological polar surface area (TPSA) is 92.4 Å². The van der Waals surface area contributed by atoms with Gasteiger partial charge in [-0.3, -0.25) is 4.79 Å². The fourth-order valence-corrected chi connectivity index (χ4v) is 1.90. The molecule has 2 heterocycles. The van der Waals surface area contributed by atoms with Crippen LogP contribution in [0.4, 0.5) is 0 Å². The van der Waals surface area contributed by atoms with Crippen molar-refractivity contribution in [3.05, 3.63) is 22.7 Å². The molecule has 8 heteroatoms.